The SMILES string of the molecule is Cc1cccc(C(=O)Nc2cccc(CBr)c2)c1. The quantitative estimate of drug-likeness (QED) is 0.848. The topological polar surface area (TPSA) is 29.1 Å². The number of hydrogen-bond acceptors (Lipinski definition) is 1. The van der Waals surface area contributed by atoms with E-state index in [1.807, 2.05) is 55.5 Å². The molecule has 3 heteroatoms. The smallest absolute Gasteiger partial charge is 0.255 e. The molecule has 0 heterocycles. The minimum absolute atomic E-state index is 0.0783. The molecule has 2 nitrogen and oxygen atoms in total. The second-order valence-electron chi connectivity index (χ2n) is 4.16. The lowest BCUT2D eigenvalue weighted by Gasteiger charge is -2.07. The van der Waals surface area contributed by atoms with E-state index in [0.717, 1.165) is 22.1 Å². The highest BCUT2D eigenvalue weighted by Crippen LogP contribution is 2.14. The van der Waals surface area contributed by atoms with Gasteiger partial charge < -0.3 is 5.32 Å². The molecular formula is C15H14BrNO. The summed E-state index contributed by atoms with van der Waals surface area (Å²) >= 11 is 3.40. The lowest BCUT2D eigenvalue weighted by molar-refractivity contribution is 0.102. The molecular weight excluding hydrogens is 290 g/mol. The molecule has 1 amide bonds. The highest BCUT2D eigenvalue weighted by Gasteiger charge is 2.06. The van der Waals surface area contributed by atoms with E-state index in [1.165, 1.54) is 0 Å². The van der Waals surface area contributed by atoms with Crippen LogP contribution in [0.2, 0.25) is 0 Å². The Bertz CT molecular complexity index is 566. The summed E-state index contributed by atoms with van der Waals surface area (Å²) in [5, 5.41) is 3.68. The van der Waals surface area contributed by atoms with Gasteiger partial charge in [0.05, 0.1) is 0 Å². The minimum atomic E-state index is -0.0783. The van der Waals surface area contributed by atoms with Crippen LogP contribution in [-0.2, 0) is 5.33 Å². The molecule has 0 saturated heterocycles. The summed E-state index contributed by atoms with van der Waals surface area (Å²) in [5.74, 6) is -0.0783. The number of carbonyl (C=O) groups is 1. The van der Waals surface area contributed by atoms with Crippen molar-refractivity contribution in [1.29, 1.82) is 0 Å². The first kappa shape index (κ1) is 12.8. The van der Waals surface area contributed by atoms with Gasteiger partial charge in [-0.05, 0) is 36.8 Å². The normalized spacial score (nSPS) is 10.1. The van der Waals surface area contributed by atoms with Gasteiger partial charge in [-0.3, -0.25) is 4.79 Å². The molecule has 1 N–H and O–H groups in total. The lowest BCUT2D eigenvalue weighted by Crippen LogP contribution is -2.11. The number of hydrogen-bond donors (Lipinski definition) is 1. The maximum Gasteiger partial charge on any atom is 0.255 e. The van der Waals surface area contributed by atoms with Crippen LogP contribution in [0.1, 0.15) is 21.5 Å². The van der Waals surface area contributed by atoms with Gasteiger partial charge >= 0.3 is 0 Å². The Morgan fingerprint density at radius 2 is 1.94 bits per heavy atom. The predicted molar refractivity (Wildman–Crippen MR) is 78.2 cm³/mol. The van der Waals surface area contributed by atoms with Gasteiger partial charge in [0.15, 0.2) is 0 Å². The molecule has 0 unspecified atom stereocenters. The second-order valence-corrected chi connectivity index (χ2v) is 4.72. The van der Waals surface area contributed by atoms with Crippen molar-refractivity contribution in [3.8, 4) is 0 Å². The summed E-state index contributed by atoms with van der Waals surface area (Å²) in [6, 6.07) is 15.4. The first-order valence-corrected chi connectivity index (χ1v) is 6.84. The number of benzene rings is 2. The Kier molecular flexibility index (Phi) is 4.15. The molecule has 0 atom stereocenters. The molecule has 0 spiro atoms. The summed E-state index contributed by atoms with van der Waals surface area (Å²) in [5.41, 5.74) is 3.71. The predicted octanol–water partition coefficient (Wildman–Crippen LogP) is 4.14. The number of anilines is 1. The van der Waals surface area contributed by atoms with Crippen LogP contribution >= 0.6 is 15.9 Å². The zero-order chi connectivity index (χ0) is 13.0. The zero-order valence-electron chi connectivity index (χ0n) is 10.1. The Labute approximate surface area is 115 Å². The van der Waals surface area contributed by atoms with Crippen molar-refractivity contribution in [2.45, 2.75) is 12.3 Å². The molecule has 92 valence electrons. The Hall–Kier alpha value is -1.61. The maximum absolute atomic E-state index is 12.0. The van der Waals surface area contributed by atoms with Crippen LogP contribution in [0.4, 0.5) is 5.69 Å². The molecule has 0 aromatic heterocycles. The molecule has 2 rings (SSSR count). The van der Waals surface area contributed by atoms with Gasteiger partial charge in [-0.25, -0.2) is 0 Å². The Morgan fingerprint density at radius 1 is 1.17 bits per heavy atom. The summed E-state index contributed by atoms with van der Waals surface area (Å²) < 4.78 is 0. The number of aryl methyl sites for hydroxylation is 1. The van der Waals surface area contributed by atoms with Crippen molar-refractivity contribution in [2.24, 2.45) is 0 Å². The van der Waals surface area contributed by atoms with Crippen molar-refractivity contribution in [3.05, 3.63) is 65.2 Å². The van der Waals surface area contributed by atoms with Gasteiger partial charge in [-0.15, -0.1) is 0 Å². The molecule has 2 aromatic carbocycles. The van der Waals surface area contributed by atoms with E-state index in [4.69, 9.17) is 0 Å². The Morgan fingerprint density at radius 3 is 2.67 bits per heavy atom. The number of nitrogens with one attached hydrogen (secondary N) is 1. The fourth-order valence-corrected chi connectivity index (χ4v) is 2.07. The number of amides is 1. The van der Waals surface area contributed by atoms with Gasteiger partial charge in [0, 0.05) is 16.6 Å². The summed E-state index contributed by atoms with van der Waals surface area (Å²) in [7, 11) is 0. The first-order chi connectivity index (χ1) is 8.69. The molecule has 0 aliphatic carbocycles. The van der Waals surface area contributed by atoms with Gasteiger partial charge in [0.2, 0.25) is 0 Å². The van der Waals surface area contributed by atoms with Gasteiger partial charge in [-0.2, -0.15) is 0 Å². The van der Waals surface area contributed by atoms with Crippen molar-refractivity contribution < 1.29 is 4.79 Å². The average molecular weight is 304 g/mol. The highest BCUT2D eigenvalue weighted by molar-refractivity contribution is 9.08. The van der Waals surface area contributed by atoms with Crippen LogP contribution in [0, 0.1) is 6.92 Å². The van der Waals surface area contributed by atoms with Crippen LogP contribution in [0.25, 0.3) is 0 Å². The summed E-state index contributed by atoms with van der Waals surface area (Å²) in [6.07, 6.45) is 0. The van der Waals surface area contributed by atoms with Gasteiger partial charge in [0.25, 0.3) is 5.91 Å². The number of rotatable bonds is 3. The first-order valence-electron chi connectivity index (χ1n) is 5.72. The Balaban J connectivity index is 2.16. The van der Waals surface area contributed by atoms with Crippen molar-refractivity contribution in [2.75, 3.05) is 5.32 Å². The van der Waals surface area contributed by atoms with Crippen LogP contribution in [0.5, 0.6) is 0 Å². The fraction of sp³-hybridized carbons (Fsp3) is 0.133. The van der Waals surface area contributed by atoms with Crippen LogP contribution in [-0.4, -0.2) is 5.91 Å². The van der Waals surface area contributed by atoms with E-state index < -0.39 is 0 Å². The summed E-state index contributed by atoms with van der Waals surface area (Å²) in [6.45, 7) is 1.97. The third kappa shape index (κ3) is 3.20. The van der Waals surface area contributed by atoms with E-state index in [9.17, 15) is 4.79 Å². The van der Waals surface area contributed by atoms with Gasteiger partial charge in [-0.1, -0.05) is 45.8 Å². The van der Waals surface area contributed by atoms with Crippen molar-refractivity contribution in [1.82, 2.24) is 0 Å². The molecule has 0 aliphatic rings. The molecule has 0 bridgehead atoms. The summed E-state index contributed by atoms with van der Waals surface area (Å²) in [4.78, 5) is 12.0. The zero-order valence-corrected chi connectivity index (χ0v) is 11.7. The van der Waals surface area contributed by atoms with Crippen molar-refractivity contribution in [3.63, 3.8) is 0 Å². The van der Waals surface area contributed by atoms with E-state index in [0.29, 0.717) is 5.56 Å². The molecule has 0 radical (unpaired) electrons. The van der Waals surface area contributed by atoms with E-state index in [1.54, 1.807) is 0 Å². The maximum atomic E-state index is 12.0. The van der Waals surface area contributed by atoms with Crippen LogP contribution < -0.4 is 5.32 Å². The number of alkyl halides is 1. The van der Waals surface area contributed by atoms with Crippen molar-refractivity contribution >= 4 is 27.5 Å². The van der Waals surface area contributed by atoms with Crippen LogP contribution in [0.3, 0.4) is 0 Å². The molecule has 0 saturated carbocycles. The molecule has 0 fully saturated rings. The van der Waals surface area contributed by atoms with E-state index in [2.05, 4.69) is 21.2 Å². The third-order valence-electron chi connectivity index (χ3n) is 2.62. The van der Waals surface area contributed by atoms with Gasteiger partial charge in [0.1, 0.15) is 0 Å². The highest BCUT2D eigenvalue weighted by atomic mass is 79.9. The standard InChI is InChI=1S/C15H14BrNO/c1-11-4-2-6-13(8-11)15(18)17-14-7-3-5-12(9-14)10-16/h2-9H,10H2,1H3,(H,17,18). The molecule has 18 heavy (non-hydrogen) atoms. The largest absolute Gasteiger partial charge is 0.322 e. The molecule has 0 aliphatic heterocycles. The lowest BCUT2D eigenvalue weighted by atomic mass is 10.1. The monoisotopic (exact) mass is 303 g/mol. The average Bonchev–Trinajstić information content (AvgIpc) is 2.39. The number of halogens is 1. The molecule has 2 aromatic rings. The number of carbonyl (C=O) groups excluding carboxylic acids is 1. The van der Waals surface area contributed by atoms with E-state index >= 15 is 0 Å². The second kappa shape index (κ2) is 5.83. The van der Waals surface area contributed by atoms with E-state index in [-0.39, 0.29) is 5.91 Å². The van der Waals surface area contributed by atoms with Crippen LogP contribution in [0.15, 0.2) is 48.5 Å². The minimum Gasteiger partial charge on any atom is -0.322 e. The third-order valence-corrected chi connectivity index (χ3v) is 3.27. The fourth-order valence-electron chi connectivity index (χ4n) is 1.72.